The number of nitrogen functional groups attached to an aromatic ring is 1. The Bertz CT molecular complexity index is 677. The summed E-state index contributed by atoms with van der Waals surface area (Å²) in [4.78, 5) is 12.2. The van der Waals surface area contributed by atoms with Crippen molar-refractivity contribution in [3.63, 3.8) is 0 Å². The molecular weight excluding hydrogens is 278 g/mol. The molecule has 9 nitrogen and oxygen atoms in total. The second-order valence-electron chi connectivity index (χ2n) is 5.32. The van der Waals surface area contributed by atoms with Gasteiger partial charge >= 0.3 is 0 Å². The van der Waals surface area contributed by atoms with Gasteiger partial charge in [-0.05, 0) is 0 Å². The number of nitrogens with zero attached hydrogens (tertiary/aromatic N) is 4. The van der Waals surface area contributed by atoms with Crippen LogP contribution >= 0.6 is 0 Å². The second-order valence-corrected chi connectivity index (χ2v) is 5.32. The third-order valence-electron chi connectivity index (χ3n) is 3.99. The van der Waals surface area contributed by atoms with Crippen molar-refractivity contribution in [3.05, 3.63) is 12.7 Å². The van der Waals surface area contributed by atoms with Gasteiger partial charge in [0, 0.05) is 6.42 Å². The zero-order valence-corrected chi connectivity index (χ0v) is 11.0. The highest BCUT2D eigenvalue weighted by Gasteiger charge is 2.50. The number of imidazole rings is 1. The standard InChI is InChI=1S/C12H15N5O4/c13-11-8-12(15-3-14-11)17(4-16-8)2-6-9(19)10-5(20-6)1-7(18)21-10/h3-7,9-10,18-19H,1-2H2,(H2,13,14,15)/t5-,6+,7?,9-,10+/m1/s1. The topological polar surface area (TPSA) is 129 Å². The van der Waals surface area contributed by atoms with Crippen molar-refractivity contribution in [2.75, 3.05) is 5.73 Å². The number of aliphatic hydroxyl groups excluding tert-OH is 2. The highest BCUT2D eigenvalue weighted by molar-refractivity contribution is 5.81. The fraction of sp³-hybridized carbons (Fsp3) is 0.583. The number of nitrogens with two attached hydrogens (primary N) is 1. The van der Waals surface area contributed by atoms with Crippen LogP contribution in [-0.4, -0.2) is 60.4 Å². The molecule has 0 amide bonds. The Morgan fingerprint density at radius 3 is 2.95 bits per heavy atom. The van der Waals surface area contributed by atoms with Crippen LogP contribution in [0.5, 0.6) is 0 Å². The van der Waals surface area contributed by atoms with Gasteiger partial charge in [0.05, 0.1) is 19.0 Å². The number of ether oxygens (including phenoxy) is 2. The van der Waals surface area contributed by atoms with Gasteiger partial charge in [0.15, 0.2) is 17.8 Å². The summed E-state index contributed by atoms with van der Waals surface area (Å²) >= 11 is 0. The normalized spacial score (nSPS) is 35.4. The second kappa shape index (κ2) is 4.60. The summed E-state index contributed by atoms with van der Waals surface area (Å²) in [7, 11) is 0. The first-order valence-electron chi connectivity index (χ1n) is 6.72. The molecular formula is C12H15N5O4. The highest BCUT2D eigenvalue weighted by atomic mass is 16.7. The molecule has 5 atom stereocenters. The molecule has 0 saturated carbocycles. The lowest BCUT2D eigenvalue weighted by Crippen LogP contribution is -2.34. The summed E-state index contributed by atoms with van der Waals surface area (Å²) in [5.74, 6) is 0.315. The molecule has 2 aliphatic rings. The third-order valence-corrected chi connectivity index (χ3v) is 3.99. The Kier molecular flexibility index (Phi) is 2.82. The minimum absolute atomic E-state index is 0.283. The maximum atomic E-state index is 10.3. The highest BCUT2D eigenvalue weighted by Crippen LogP contribution is 2.34. The van der Waals surface area contributed by atoms with Gasteiger partial charge in [0.1, 0.15) is 30.2 Å². The van der Waals surface area contributed by atoms with Crippen LogP contribution in [-0.2, 0) is 16.0 Å². The first kappa shape index (κ1) is 12.9. The molecule has 2 saturated heterocycles. The van der Waals surface area contributed by atoms with Crippen LogP contribution in [0.3, 0.4) is 0 Å². The Morgan fingerprint density at radius 2 is 2.14 bits per heavy atom. The molecule has 0 spiro atoms. The SMILES string of the molecule is Nc1ncnc2c1ncn2C[C@@H]1O[C@@H]2CC(O)O[C@@H]2[C@@H]1O. The fourth-order valence-electron chi connectivity index (χ4n) is 2.98. The van der Waals surface area contributed by atoms with Crippen molar-refractivity contribution in [2.24, 2.45) is 0 Å². The minimum Gasteiger partial charge on any atom is -0.388 e. The molecule has 2 aromatic rings. The van der Waals surface area contributed by atoms with E-state index in [1.165, 1.54) is 6.33 Å². The van der Waals surface area contributed by atoms with Crippen molar-refractivity contribution in [1.82, 2.24) is 19.5 Å². The summed E-state index contributed by atoms with van der Waals surface area (Å²) in [5.41, 5.74) is 6.86. The molecule has 1 unspecified atom stereocenters. The molecule has 21 heavy (non-hydrogen) atoms. The summed E-state index contributed by atoms with van der Waals surface area (Å²) in [5, 5.41) is 19.7. The molecule has 4 N–H and O–H groups in total. The molecule has 2 fully saturated rings. The lowest BCUT2D eigenvalue weighted by molar-refractivity contribution is -0.122. The Hall–Kier alpha value is -1.81. The number of fused-ring (bicyclic) bond motifs is 2. The van der Waals surface area contributed by atoms with Gasteiger partial charge in [-0.15, -0.1) is 0 Å². The van der Waals surface area contributed by atoms with E-state index in [0.717, 1.165) is 0 Å². The van der Waals surface area contributed by atoms with Gasteiger partial charge in [-0.3, -0.25) is 0 Å². The molecule has 112 valence electrons. The molecule has 0 bridgehead atoms. The largest absolute Gasteiger partial charge is 0.388 e. The molecule has 4 heterocycles. The molecule has 9 heteroatoms. The van der Waals surface area contributed by atoms with Crippen molar-refractivity contribution in [2.45, 2.75) is 43.7 Å². The Morgan fingerprint density at radius 1 is 1.29 bits per heavy atom. The first-order valence-corrected chi connectivity index (χ1v) is 6.72. The molecule has 2 aromatic heterocycles. The van der Waals surface area contributed by atoms with Gasteiger partial charge in [-0.1, -0.05) is 0 Å². The summed E-state index contributed by atoms with van der Waals surface area (Å²) in [6.45, 7) is 0.376. The fourth-order valence-corrected chi connectivity index (χ4v) is 2.98. The average Bonchev–Trinajstić information content (AvgIpc) is 3.09. The van der Waals surface area contributed by atoms with Crippen LogP contribution in [0.1, 0.15) is 6.42 Å². The number of aromatic nitrogens is 4. The predicted molar refractivity (Wildman–Crippen MR) is 69.9 cm³/mol. The number of aliphatic hydroxyl groups is 2. The molecule has 0 radical (unpaired) electrons. The van der Waals surface area contributed by atoms with Gasteiger partial charge < -0.3 is 30.0 Å². The van der Waals surface area contributed by atoms with Gasteiger partial charge in [-0.2, -0.15) is 0 Å². The smallest absolute Gasteiger partial charge is 0.165 e. The first-order chi connectivity index (χ1) is 10.1. The van der Waals surface area contributed by atoms with Crippen LogP contribution in [0.4, 0.5) is 5.82 Å². The quantitative estimate of drug-likeness (QED) is 0.619. The summed E-state index contributed by atoms with van der Waals surface area (Å²) < 4.78 is 12.8. The maximum Gasteiger partial charge on any atom is 0.165 e. The van der Waals surface area contributed by atoms with E-state index in [1.807, 2.05) is 0 Å². The van der Waals surface area contributed by atoms with Crippen molar-refractivity contribution >= 4 is 17.0 Å². The zero-order valence-electron chi connectivity index (χ0n) is 11.0. The molecule has 4 rings (SSSR count). The lowest BCUT2D eigenvalue weighted by atomic mass is 10.1. The number of hydrogen-bond donors (Lipinski definition) is 3. The molecule has 0 aliphatic carbocycles. The number of rotatable bonds is 2. The van der Waals surface area contributed by atoms with Crippen molar-refractivity contribution in [3.8, 4) is 0 Å². The van der Waals surface area contributed by atoms with E-state index in [-0.39, 0.29) is 6.10 Å². The van der Waals surface area contributed by atoms with Crippen LogP contribution in [0.25, 0.3) is 11.2 Å². The van der Waals surface area contributed by atoms with E-state index < -0.39 is 24.6 Å². The van der Waals surface area contributed by atoms with Crippen LogP contribution in [0, 0.1) is 0 Å². The van der Waals surface area contributed by atoms with E-state index in [0.29, 0.717) is 29.9 Å². The van der Waals surface area contributed by atoms with Gasteiger partial charge in [-0.25, -0.2) is 15.0 Å². The van der Waals surface area contributed by atoms with E-state index in [1.54, 1.807) is 10.9 Å². The number of hydrogen-bond acceptors (Lipinski definition) is 8. The van der Waals surface area contributed by atoms with Crippen molar-refractivity contribution < 1.29 is 19.7 Å². The Balaban J connectivity index is 1.57. The number of anilines is 1. The predicted octanol–water partition coefficient (Wildman–Crippen LogP) is -1.36. The van der Waals surface area contributed by atoms with E-state index in [2.05, 4.69) is 15.0 Å². The zero-order chi connectivity index (χ0) is 14.6. The van der Waals surface area contributed by atoms with Crippen molar-refractivity contribution in [1.29, 1.82) is 0 Å². The monoisotopic (exact) mass is 293 g/mol. The summed E-state index contributed by atoms with van der Waals surface area (Å²) in [6, 6.07) is 0. The van der Waals surface area contributed by atoms with E-state index in [4.69, 9.17) is 15.2 Å². The van der Waals surface area contributed by atoms with Gasteiger partial charge in [0.25, 0.3) is 0 Å². The van der Waals surface area contributed by atoms with E-state index in [9.17, 15) is 10.2 Å². The van der Waals surface area contributed by atoms with Crippen LogP contribution < -0.4 is 5.73 Å². The molecule has 2 aliphatic heterocycles. The maximum absolute atomic E-state index is 10.3. The minimum atomic E-state index is -0.864. The molecule has 0 aromatic carbocycles. The Labute approximate surface area is 119 Å². The van der Waals surface area contributed by atoms with Crippen LogP contribution in [0.2, 0.25) is 0 Å². The van der Waals surface area contributed by atoms with Crippen LogP contribution in [0.15, 0.2) is 12.7 Å². The average molecular weight is 293 g/mol. The third kappa shape index (κ3) is 1.97. The van der Waals surface area contributed by atoms with E-state index >= 15 is 0 Å². The lowest BCUT2D eigenvalue weighted by Gasteiger charge is -2.18. The van der Waals surface area contributed by atoms with Gasteiger partial charge in [0.2, 0.25) is 0 Å². The summed E-state index contributed by atoms with van der Waals surface area (Å²) in [6.07, 6.45) is 0.458.